The first kappa shape index (κ1) is 16.7. The van der Waals surface area contributed by atoms with Crippen LogP contribution in [0.4, 0.5) is 0 Å². The summed E-state index contributed by atoms with van der Waals surface area (Å²) in [5, 5.41) is 0. The van der Waals surface area contributed by atoms with E-state index in [2.05, 4.69) is 0 Å². The Labute approximate surface area is 120 Å². The van der Waals surface area contributed by atoms with Gasteiger partial charge in [0.25, 0.3) is 10.1 Å². The van der Waals surface area contributed by atoms with Crippen LogP contribution < -0.4 is 0 Å². The normalized spacial score (nSPS) is 12.9. The molecule has 0 aliphatic heterocycles. The fourth-order valence-corrected chi connectivity index (χ4v) is 2.57. The topological polar surface area (TPSA) is 69.7 Å². The third-order valence-corrected chi connectivity index (χ3v) is 4.12. The first-order valence-electron chi connectivity index (χ1n) is 6.54. The van der Waals surface area contributed by atoms with Gasteiger partial charge in [-0.1, -0.05) is 31.5 Å². The maximum atomic E-state index is 12.1. The molecule has 0 spiro atoms. The summed E-state index contributed by atoms with van der Waals surface area (Å²) in [6, 6.07) is 6.40. The first-order valence-corrected chi connectivity index (χ1v) is 7.95. The number of esters is 1. The largest absolute Gasteiger partial charge is 0.463 e. The molecule has 1 aromatic rings. The zero-order valence-corrected chi connectivity index (χ0v) is 12.8. The van der Waals surface area contributed by atoms with Crippen molar-refractivity contribution in [1.29, 1.82) is 0 Å². The van der Waals surface area contributed by atoms with Gasteiger partial charge in [0.15, 0.2) is 0 Å². The number of aryl methyl sites for hydroxylation is 1. The lowest BCUT2D eigenvalue weighted by molar-refractivity contribution is -0.145. The predicted octanol–water partition coefficient (Wildman–Crippen LogP) is 2.43. The van der Waals surface area contributed by atoms with Crippen LogP contribution in [0.25, 0.3) is 0 Å². The molecule has 112 valence electrons. The molecule has 1 atom stereocenters. The molecule has 0 heterocycles. The summed E-state index contributed by atoms with van der Waals surface area (Å²) >= 11 is 0. The van der Waals surface area contributed by atoms with Gasteiger partial charge in [0.1, 0.15) is 12.7 Å². The summed E-state index contributed by atoms with van der Waals surface area (Å²) < 4.78 is 34.1. The van der Waals surface area contributed by atoms with Crippen LogP contribution in [0.15, 0.2) is 29.2 Å². The Hall–Kier alpha value is -1.40. The summed E-state index contributed by atoms with van der Waals surface area (Å²) in [6.45, 7) is 5.26. The maximum Gasteiger partial charge on any atom is 0.305 e. The van der Waals surface area contributed by atoms with Crippen LogP contribution in [0.3, 0.4) is 0 Å². The molecule has 0 aromatic heterocycles. The van der Waals surface area contributed by atoms with E-state index >= 15 is 0 Å². The Morgan fingerprint density at radius 2 is 1.80 bits per heavy atom. The zero-order chi connectivity index (χ0) is 15.2. The minimum absolute atomic E-state index is 0.0612. The Bertz CT molecular complexity index is 533. The van der Waals surface area contributed by atoms with Gasteiger partial charge in [-0.2, -0.15) is 8.42 Å². The van der Waals surface area contributed by atoms with E-state index in [1.165, 1.54) is 12.1 Å². The molecule has 0 saturated carbocycles. The zero-order valence-electron chi connectivity index (χ0n) is 12.0. The standard InChI is InChI=1S/C14H20O5S/c1-4-12(10-18-14(15)5-2)19-20(16,17)13-8-6-11(3)7-9-13/h6-9,12H,4-5,10H2,1-3H3/t12-/m0/s1. The molecule has 0 amide bonds. The van der Waals surface area contributed by atoms with E-state index in [-0.39, 0.29) is 23.9 Å². The summed E-state index contributed by atoms with van der Waals surface area (Å²) in [5.41, 5.74) is 0.966. The van der Waals surface area contributed by atoms with Gasteiger partial charge in [0.2, 0.25) is 0 Å². The summed E-state index contributed by atoms with van der Waals surface area (Å²) in [5.74, 6) is -0.375. The van der Waals surface area contributed by atoms with Crippen molar-refractivity contribution in [3.8, 4) is 0 Å². The summed E-state index contributed by atoms with van der Waals surface area (Å²) in [4.78, 5) is 11.2. The van der Waals surface area contributed by atoms with E-state index in [1.54, 1.807) is 26.0 Å². The van der Waals surface area contributed by atoms with Crippen LogP contribution in [0.2, 0.25) is 0 Å². The monoisotopic (exact) mass is 300 g/mol. The molecule has 0 N–H and O–H groups in total. The van der Waals surface area contributed by atoms with Crippen LogP contribution in [-0.2, 0) is 23.8 Å². The SMILES string of the molecule is CCC(=O)OC[C@H](CC)OS(=O)(=O)c1ccc(C)cc1. The summed E-state index contributed by atoms with van der Waals surface area (Å²) in [7, 11) is -3.83. The van der Waals surface area contributed by atoms with Crippen LogP contribution in [0.1, 0.15) is 32.3 Å². The molecule has 0 saturated heterocycles. The highest BCUT2D eigenvalue weighted by atomic mass is 32.2. The molecule has 6 heteroatoms. The third-order valence-electron chi connectivity index (χ3n) is 2.75. The predicted molar refractivity (Wildman–Crippen MR) is 74.8 cm³/mol. The van der Waals surface area contributed by atoms with Crippen molar-refractivity contribution in [2.24, 2.45) is 0 Å². The molecule has 1 rings (SSSR count). The van der Waals surface area contributed by atoms with Gasteiger partial charge in [-0.25, -0.2) is 0 Å². The second-order valence-corrected chi connectivity index (χ2v) is 6.00. The molecule has 0 radical (unpaired) electrons. The highest BCUT2D eigenvalue weighted by Crippen LogP contribution is 2.16. The fourth-order valence-electron chi connectivity index (χ4n) is 1.44. The molecule has 0 bridgehead atoms. The molecule has 1 aromatic carbocycles. The van der Waals surface area contributed by atoms with Gasteiger partial charge in [0.05, 0.1) is 4.90 Å². The fraction of sp³-hybridized carbons (Fsp3) is 0.500. The second kappa shape index (κ2) is 7.40. The van der Waals surface area contributed by atoms with E-state index in [1.807, 2.05) is 6.92 Å². The minimum Gasteiger partial charge on any atom is -0.463 e. The molecule has 20 heavy (non-hydrogen) atoms. The number of ether oxygens (including phenoxy) is 1. The minimum atomic E-state index is -3.83. The summed E-state index contributed by atoms with van der Waals surface area (Å²) in [6.07, 6.45) is 0.0141. The van der Waals surface area contributed by atoms with Crippen LogP contribution in [0.5, 0.6) is 0 Å². The molecule has 0 unspecified atom stereocenters. The highest BCUT2D eigenvalue weighted by Gasteiger charge is 2.21. The van der Waals surface area contributed by atoms with Crippen molar-refractivity contribution in [3.63, 3.8) is 0 Å². The maximum absolute atomic E-state index is 12.1. The van der Waals surface area contributed by atoms with Gasteiger partial charge in [-0.05, 0) is 25.5 Å². The number of benzene rings is 1. The van der Waals surface area contributed by atoms with Crippen LogP contribution >= 0.6 is 0 Å². The van der Waals surface area contributed by atoms with Gasteiger partial charge in [-0.15, -0.1) is 0 Å². The number of hydrogen-bond donors (Lipinski definition) is 0. The number of rotatable bonds is 7. The molecular formula is C14H20O5S. The molecular weight excluding hydrogens is 280 g/mol. The quantitative estimate of drug-likeness (QED) is 0.571. The molecule has 0 fully saturated rings. The second-order valence-electron chi connectivity index (χ2n) is 4.43. The van der Waals surface area contributed by atoms with Crippen molar-refractivity contribution < 1.29 is 22.1 Å². The van der Waals surface area contributed by atoms with Crippen molar-refractivity contribution in [2.45, 2.75) is 44.6 Å². The lowest BCUT2D eigenvalue weighted by atomic mass is 10.2. The Balaban J connectivity index is 2.72. The number of hydrogen-bond acceptors (Lipinski definition) is 5. The van der Waals surface area contributed by atoms with Crippen LogP contribution in [0, 0.1) is 6.92 Å². The van der Waals surface area contributed by atoms with Crippen molar-refractivity contribution in [1.82, 2.24) is 0 Å². The van der Waals surface area contributed by atoms with Gasteiger partial charge >= 0.3 is 5.97 Å². The van der Waals surface area contributed by atoms with Crippen molar-refractivity contribution in [3.05, 3.63) is 29.8 Å². The third kappa shape index (κ3) is 4.94. The smallest absolute Gasteiger partial charge is 0.305 e. The number of carbonyl (C=O) groups excluding carboxylic acids is 1. The highest BCUT2D eigenvalue weighted by molar-refractivity contribution is 7.86. The number of carbonyl (C=O) groups is 1. The first-order chi connectivity index (χ1) is 9.39. The molecule has 0 aliphatic carbocycles. The lowest BCUT2D eigenvalue weighted by Crippen LogP contribution is -2.24. The van der Waals surface area contributed by atoms with E-state index in [0.29, 0.717) is 6.42 Å². The van der Waals surface area contributed by atoms with E-state index in [0.717, 1.165) is 5.56 Å². The van der Waals surface area contributed by atoms with E-state index in [9.17, 15) is 13.2 Å². The average molecular weight is 300 g/mol. The average Bonchev–Trinajstić information content (AvgIpc) is 2.43. The molecule has 0 aliphatic rings. The Kier molecular flexibility index (Phi) is 6.16. The Morgan fingerprint density at radius 3 is 2.30 bits per heavy atom. The van der Waals surface area contributed by atoms with E-state index in [4.69, 9.17) is 8.92 Å². The van der Waals surface area contributed by atoms with E-state index < -0.39 is 16.2 Å². The molecule has 5 nitrogen and oxygen atoms in total. The Morgan fingerprint density at radius 1 is 1.20 bits per heavy atom. The van der Waals surface area contributed by atoms with Gasteiger partial charge in [0, 0.05) is 6.42 Å². The van der Waals surface area contributed by atoms with Crippen LogP contribution in [-0.4, -0.2) is 27.1 Å². The van der Waals surface area contributed by atoms with Gasteiger partial charge in [-0.3, -0.25) is 8.98 Å². The van der Waals surface area contributed by atoms with Crippen molar-refractivity contribution >= 4 is 16.1 Å². The van der Waals surface area contributed by atoms with Gasteiger partial charge < -0.3 is 4.74 Å². The lowest BCUT2D eigenvalue weighted by Gasteiger charge is -2.15. The van der Waals surface area contributed by atoms with Crippen molar-refractivity contribution in [2.75, 3.05) is 6.61 Å².